The predicted octanol–water partition coefficient (Wildman–Crippen LogP) is 2.51. The predicted molar refractivity (Wildman–Crippen MR) is 73.5 cm³/mol. The maximum Gasteiger partial charge on any atom is 0.324 e. The van der Waals surface area contributed by atoms with Gasteiger partial charge in [-0.15, -0.1) is 0 Å². The molecule has 0 spiro atoms. The topological polar surface area (TPSA) is 52.6 Å². The first-order valence-electron chi connectivity index (χ1n) is 5.92. The number of carbonyl (C=O) groups excluding carboxylic acids is 2. The Morgan fingerprint density at radius 3 is 1.67 bits per heavy atom. The molecule has 0 aromatic carbocycles. The van der Waals surface area contributed by atoms with Crippen molar-refractivity contribution in [3.8, 4) is 0 Å². The van der Waals surface area contributed by atoms with Gasteiger partial charge in [-0.05, 0) is 5.92 Å². The van der Waals surface area contributed by atoms with Crippen LogP contribution in [0.3, 0.4) is 0 Å². The Morgan fingerprint density at radius 1 is 1.06 bits per heavy atom. The van der Waals surface area contributed by atoms with E-state index in [0.717, 1.165) is 0 Å². The van der Waals surface area contributed by atoms with Gasteiger partial charge in [-0.3, -0.25) is 9.59 Å². The molecule has 0 unspecified atom stereocenters. The summed E-state index contributed by atoms with van der Waals surface area (Å²) in [4.78, 5) is 24.1. The molecular weight excluding hydrogens is 252 g/mol. The lowest BCUT2D eigenvalue weighted by atomic mass is 9.79. The maximum atomic E-state index is 12.1. The first-order chi connectivity index (χ1) is 8.11. The number of esters is 2. The van der Waals surface area contributed by atoms with Crippen molar-refractivity contribution in [2.24, 2.45) is 11.3 Å². The van der Waals surface area contributed by atoms with E-state index >= 15 is 0 Å². The summed E-state index contributed by atoms with van der Waals surface area (Å²) in [6, 6.07) is 0. The van der Waals surface area contributed by atoms with E-state index in [1.165, 1.54) is 14.2 Å². The minimum Gasteiger partial charge on any atom is -0.468 e. The number of methoxy groups -OCH3 is 2. The third-order valence-corrected chi connectivity index (χ3v) is 4.28. The van der Waals surface area contributed by atoms with Crippen molar-refractivity contribution in [1.82, 2.24) is 0 Å². The second-order valence-corrected chi connectivity index (χ2v) is 7.31. The van der Waals surface area contributed by atoms with Gasteiger partial charge in [0.2, 0.25) is 0 Å². The number of hydrogen-bond acceptors (Lipinski definition) is 5. The van der Waals surface area contributed by atoms with Gasteiger partial charge in [0, 0.05) is 10.5 Å². The Balaban J connectivity index is 5.35. The van der Waals surface area contributed by atoms with Crippen LogP contribution in [0.4, 0.5) is 0 Å². The van der Waals surface area contributed by atoms with E-state index < -0.39 is 17.4 Å². The van der Waals surface area contributed by atoms with Crippen LogP contribution >= 0.6 is 11.8 Å². The molecule has 5 heteroatoms. The molecule has 0 heterocycles. The van der Waals surface area contributed by atoms with E-state index in [4.69, 9.17) is 9.47 Å². The van der Waals surface area contributed by atoms with Gasteiger partial charge >= 0.3 is 11.9 Å². The molecule has 0 rings (SSSR count). The summed E-state index contributed by atoms with van der Waals surface area (Å²) in [6.07, 6.45) is 0. The van der Waals surface area contributed by atoms with Crippen LogP contribution in [0.15, 0.2) is 0 Å². The second-order valence-electron chi connectivity index (χ2n) is 5.51. The summed E-state index contributed by atoms with van der Waals surface area (Å²) in [6.45, 7) is 9.78. The average Bonchev–Trinajstić information content (AvgIpc) is 2.26. The fraction of sp³-hybridized carbons (Fsp3) is 0.846. The first-order valence-corrected chi connectivity index (χ1v) is 6.91. The van der Waals surface area contributed by atoms with E-state index in [9.17, 15) is 9.59 Å². The Bertz CT molecular complexity index is 289. The first kappa shape index (κ1) is 17.3. The largest absolute Gasteiger partial charge is 0.468 e. The zero-order valence-electron chi connectivity index (χ0n) is 12.3. The van der Waals surface area contributed by atoms with Gasteiger partial charge in [-0.1, -0.05) is 34.6 Å². The summed E-state index contributed by atoms with van der Waals surface area (Å²) in [5.74, 6) is -0.887. The molecule has 0 atom stereocenters. The average molecular weight is 276 g/mol. The van der Waals surface area contributed by atoms with Crippen LogP contribution in [-0.4, -0.2) is 36.7 Å². The Hall–Kier alpha value is -0.710. The number of ether oxygens (including phenoxy) is 2. The number of hydrogen-bond donors (Lipinski definition) is 0. The summed E-state index contributed by atoms with van der Waals surface area (Å²) in [7, 11) is 2.59. The SMILES string of the molecule is COC(=O)C(CSC(C)(C)C)(C(=O)OC)C(C)C. The molecule has 0 bridgehead atoms. The Kier molecular flexibility index (Phi) is 6.20. The molecule has 0 amide bonds. The molecule has 0 aliphatic heterocycles. The van der Waals surface area contributed by atoms with E-state index in [2.05, 4.69) is 0 Å². The second kappa shape index (κ2) is 6.45. The van der Waals surface area contributed by atoms with Crippen molar-refractivity contribution in [3.05, 3.63) is 0 Å². The molecular formula is C13H24O4S. The molecule has 0 radical (unpaired) electrons. The van der Waals surface area contributed by atoms with Gasteiger partial charge < -0.3 is 9.47 Å². The zero-order chi connectivity index (χ0) is 14.6. The molecule has 0 aliphatic carbocycles. The highest BCUT2D eigenvalue weighted by Crippen LogP contribution is 2.38. The van der Waals surface area contributed by atoms with Crippen LogP contribution in [0.1, 0.15) is 34.6 Å². The maximum absolute atomic E-state index is 12.1. The summed E-state index contributed by atoms with van der Waals surface area (Å²) < 4.78 is 9.58. The third-order valence-electron chi connectivity index (χ3n) is 2.82. The molecule has 0 saturated carbocycles. The van der Waals surface area contributed by atoms with Gasteiger partial charge in [-0.25, -0.2) is 0 Å². The van der Waals surface area contributed by atoms with E-state index in [0.29, 0.717) is 5.75 Å². The highest BCUT2D eigenvalue weighted by atomic mass is 32.2. The smallest absolute Gasteiger partial charge is 0.324 e. The van der Waals surface area contributed by atoms with Crippen LogP contribution in [0, 0.1) is 11.3 Å². The van der Waals surface area contributed by atoms with E-state index in [-0.39, 0.29) is 10.7 Å². The number of rotatable bonds is 5. The third kappa shape index (κ3) is 3.90. The van der Waals surface area contributed by atoms with Crippen molar-refractivity contribution in [2.45, 2.75) is 39.4 Å². The van der Waals surface area contributed by atoms with E-state index in [1.807, 2.05) is 34.6 Å². The van der Waals surface area contributed by atoms with Crippen LogP contribution in [0.5, 0.6) is 0 Å². The molecule has 0 aromatic heterocycles. The van der Waals surface area contributed by atoms with Crippen molar-refractivity contribution in [3.63, 3.8) is 0 Å². The van der Waals surface area contributed by atoms with Crippen molar-refractivity contribution in [1.29, 1.82) is 0 Å². The summed E-state index contributed by atoms with van der Waals surface area (Å²) in [5.41, 5.74) is -1.23. The lowest BCUT2D eigenvalue weighted by Crippen LogP contribution is -2.48. The highest BCUT2D eigenvalue weighted by molar-refractivity contribution is 8.00. The minimum absolute atomic E-state index is 0.0395. The fourth-order valence-corrected chi connectivity index (χ4v) is 2.76. The lowest BCUT2D eigenvalue weighted by molar-refractivity contribution is -0.170. The molecule has 0 aliphatic rings. The van der Waals surface area contributed by atoms with Gasteiger partial charge in [0.25, 0.3) is 0 Å². The lowest BCUT2D eigenvalue weighted by Gasteiger charge is -2.33. The molecule has 4 nitrogen and oxygen atoms in total. The Labute approximate surface area is 114 Å². The van der Waals surface area contributed by atoms with Crippen LogP contribution in [-0.2, 0) is 19.1 Å². The quantitative estimate of drug-likeness (QED) is 0.570. The number of thioether (sulfide) groups is 1. The molecule has 18 heavy (non-hydrogen) atoms. The van der Waals surface area contributed by atoms with Crippen molar-refractivity contribution in [2.75, 3.05) is 20.0 Å². The van der Waals surface area contributed by atoms with E-state index in [1.54, 1.807) is 11.8 Å². The number of carbonyl (C=O) groups is 2. The molecule has 0 aromatic rings. The van der Waals surface area contributed by atoms with Crippen molar-refractivity contribution >= 4 is 23.7 Å². The van der Waals surface area contributed by atoms with Gasteiger partial charge in [0.05, 0.1) is 14.2 Å². The zero-order valence-corrected chi connectivity index (χ0v) is 13.1. The summed E-state index contributed by atoms with van der Waals surface area (Å²) in [5, 5.41) is 0. The van der Waals surface area contributed by atoms with Gasteiger partial charge in [-0.2, -0.15) is 11.8 Å². The van der Waals surface area contributed by atoms with Crippen molar-refractivity contribution < 1.29 is 19.1 Å². The Morgan fingerprint density at radius 2 is 1.44 bits per heavy atom. The molecule has 0 fully saturated rings. The molecule has 106 valence electrons. The highest BCUT2D eigenvalue weighted by Gasteiger charge is 2.51. The van der Waals surface area contributed by atoms with Crippen LogP contribution < -0.4 is 0 Å². The van der Waals surface area contributed by atoms with Crippen LogP contribution in [0.2, 0.25) is 0 Å². The van der Waals surface area contributed by atoms with Crippen LogP contribution in [0.25, 0.3) is 0 Å². The monoisotopic (exact) mass is 276 g/mol. The molecule has 0 saturated heterocycles. The minimum atomic E-state index is -1.23. The fourth-order valence-electron chi connectivity index (χ4n) is 1.53. The normalized spacial score (nSPS) is 12.4. The molecule has 0 N–H and O–H groups in total. The summed E-state index contributed by atoms with van der Waals surface area (Å²) >= 11 is 1.55. The standard InChI is InChI=1S/C13H24O4S/c1-9(2)13(10(14)16-6,11(15)17-7)8-18-12(3,4)5/h9H,8H2,1-7H3. The van der Waals surface area contributed by atoms with Gasteiger partial charge in [0.1, 0.15) is 0 Å². The van der Waals surface area contributed by atoms with Gasteiger partial charge in [0.15, 0.2) is 5.41 Å².